The topological polar surface area (TPSA) is 116 Å². The summed E-state index contributed by atoms with van der Waals surface area (Å²) < 4.78 is 11.1. The van der Waals surface area contributed by atoms with Crippen LogP contribution < -0.4 is 20.9 Å². The molecular weight excluding hydrogens is 394 g/mol. The molecule has 0 saturated carbocycles. The first-order valence-corrected chi connectivity index (χ1v) is 10.2. The van der Waals surface area contributed by atoms with Crippen LogP contribution in [0.1, 0.15) is 39.4 Å². The molecule has 1 fully saturated rings. The van der Waals surface area contributed by atoms with Gasteiger partial charge >= 0.3 is 0 Å². The largest absolute Gasteiger partial charge is 0.493 e. The first kappa shape index (κ1) is 20.9. The van der Waals surface area contributed by atoms with Gasteiger partial charge in [0.2, 0.25) is 0 Å². The van der Waals surface area contributed by atoms with Crippen LogP contribution in [0, 0.1) is 0 Å². The van der Waals surface area contributed by atoms with Crippen molar-refractivity contribution in [3.05, 3.63) is 58.7 Å². The molecule has 1 amide bonds. The Bertz CT molecular complexity index is 1060. The van der Waals surface area contributed by atoms with Crippen molar-refractivity contribution in [2.24, 2.45) is 21.5 Å². The third-order valence-corrected chi connectivity index (χ3v) is 5.92. The summed E-state index contributed by atoms with van der Waals surface area (Å²) in [5.74, 6) is 0.942. The lowest BCUT2D eigenvalue weighted by atomic mass is 9.79. The number of nitrogens with two attached hydrogens (primary N) is 2. The number of amides is 1. The van der Waals surface area contributed by atoms with E-state index in [4.69, 9.17) is 25.9 Å². The molecule has 2 unspecified atom stereocenters. The van der Waals surface area contributed by atoms with Gasteiger partial charge in [-0.1, -0.05) is 12.1 Å². The monoisotopic (exact) mass is 421 g/mol. The molecule has 8 heteroatoms. The fraction of sp³-hybridized carbons (Fsp3) is 0.348. The van der Waals surface area contributed by atoms with Crippen molar-refractivity contribution >= 4 is 17.6 Å². The van der Waals surface area contributed by atoms with Crippen LogP contribution in [0.25, 0.3) is 0 Å². The number of ether oxygens (including phenoxy) is 2. The summed E-state index contributed by atoms with van der Waals surface area (Å²) in [5, 5.41) is 0. The first-order valence-electron chi connectivity index (χ1n) is 10.2. The lowest BCUT2D eigenvalue weighted by Crippen LogP contribution is -2.41. The highest BCUT2D eigenvalue weighted by molar-refractivity contribution is 6.15. The predicted octanol–water partition coefficient (Wildman–Crippen LogP) is 1.76. The molecule has 0 aromatic heterocycles. The van der Waals surface area contributed by atoms with E-state index < -0.39 is 5.91 Å². The molecule has 2 aliphatic rings. The van der Waals surface area contributed by atoms with Gasteiger partial charge in [0.05, 0.1) is 26.0 Å². The zero-order valence-corrected chi connectivity index (χ0v) is 18.0. The minimum atomic E-state index is -0.473. The van der Waals surface area contributed by atoms with Crippen LogP contribution in [0.3, 0.4) is 0 Å². The highest BCUT2D eigenvalue weighted by atomic mass is 16.5. The van der Waals surface area contributed by atoms with Gasteiger partial charge in [0.1, 0.15) is 0 Å². The standard InChI is InChI=1S/C23H27N5O3/c1-28-9-8-18-17(12-28)15-10-19(30-2)20(31-3)11-16(15)21(26-18)13-4-6-14(7-5-13)22(29)27-23(24)25/h4-7,10-11,17-18H,8-9,12H2,1-3H3,(H4,24,25,27,29). The Hall–Kier alpha value is -3.39. The number of benzene rings is 2. The molecular formula is C23H27N5O3. The van der Waals surface area contributed by atoms with E-state index in [9.17, 15) is 4.79 Å². The maximum absolute atomic E-state index is 12.1. The molecule has 4 N–H and O–H groups in total. The zero-order valence-electron chi connectivity index (χ0n) is 18.0. The van der Waals surface area contributed by atoms with Crippen LogP contribution in [0.5, 0.6) is 11.5 Å². The number of nitrogens with zero attached hydrogens (tertiary/aromatic N) is 3. The molecule has 0 bridgehead atoms. The average Bonchev–Trinajstić information content (AvgIpc) is 2.77. The van der Waals surface area contributed by atoms with E-state index in [1.807, 2.05) is 18.2 Å². The van der Waals surface area contributed by atoms with E-state index in [1.54, 1.807) is 26.4 Å². The molecule has 8 nitrogen and oxygen atoms in total. The average molecular weight is 422 g/mol. The van der Waals surface area contributed by atoms with Crippen molar-refractivity contribution in [1.82, 2.24) is 4.90 Å². The smallest absolute Gasteiger partial charge is 0.280 e. The van der Waals surface area contributed by atoms with Crippen molar-refractivity contribution in [3.8, 4) is 11.5 Å². The summed E-state index contributed by atoms with van der Waals surface area (Å²) in [6.45, 7) is 1.95. The number of hydrogen-bond donors (Lipinski definition) is 2. The molecule has 2 heterocycles. The number of aliphatic imine (C=N–C) groups is 2. The molecule has 1 saturated heterocycles. The Morgan fingerprint density at radius 2 is 1.81 bits per heavy atom. The highest BCUT2D eigenvalue weighted by Crippen LogP contribution is 2.42. The zero-order chi connectivity index (χ0) is 22.1. The molecule has 0 radical (unpaired) electrons. The van der Waals surface area contributed by atoms with Crippen LogP contribution in [-0.4, -0.2) is 62.9 Å². The number of rotatable bonds is 4. The van der Waals surface area contributed by atoms with Crippen LogP contribution >= 0.6 is 0 Å². The molecule has 31 heavy (non-hydrogen) atoms. The number of piperidine rings is 1. The van der Waals surface area contributed by atoms with E-state index in [1.165, 1.54) is 5.56 Å². The number of carbonyl (C=O) groups excluding carboxylic acids is 1. The predicted molar refractivity (Wildman–Crippen MR) is 120 cm³/mol. The maximum atomic E-state index is 12.1. The summed E-state index contributed by atoms with van der Waals surface area (Å²) in [6.07, 6.45) is 0.986. The Kier molecular flexibility index (Phi) is 5.65. The molecule has 162 valence electrons. The molecule has 2 aromatic rings. The number of hydrogen-bond acceptors (Lipinski definition) is 5. The Labute approximate surface area is 181 Å². The van der Waals surface area contributed by atoms with Gasteiger partial charge in [0.15, 0.2) is 17.5 Å². The summed E-state index contributed by atoms with van der Waals surface area (Å²) in [4.78, 5) is 23.2. The van der Waals surface area contributed by atoms with Crippen LogP contribution in [-0.2, 0) is 0 Å². The lowest BCUT2D eigenvalue weighted by Gasteiger charge is -2.39. The highest BCUT2D eigenvalue weighted by Gasteiger charge is 2.36. The maximum Gasteiger partial charge on any atom is 0.280 e. The van der Waals surface area contributed by atoms with Gasteiger partial charge < -0.3 is 25.8 Å². The van der Waals surface area contributed by atoms with Gasteiger partial charge in [0, 0.05) is 29.2 Å². The Morgan fingerprint density at radius 1 is 1.13 bits per heavy atom. The quantitative estimate of drug-likeness (QED) is 0.574. The van der Waals surface area contributed by atoms with E-state index >= 15 is 0 Å². The third-order valence-electron chi connectivity index (χ3n) is 5.92. The van der Waals surface area contributed by atoms with Crippen LogP contribution in [0.4, 0.5) is 0 Å². The second-order valence-corrected chi connectivity index (χ2v) is 7.92. The summed E-state index contributed by atoms with van der Waals surface area (Å²) in [6, 6.07) is 11.5. The van der Waals surface area contributed by atoms with Gasteiger partial charge in [-0.25, -0.2) is 0 Å². The van der Waals surface area contributed by atoms with Crippen LogP contribution in [0.15, 0.2) is 46.4 Å². The minimum Gasteiger partial charge on any atom is -0.493 e. The van der Waals surface area contributed by atoms with Crippen molar-refractivity contribution < 1.29 is 14.3 Å². The number of likely N-dealkylation sites (N-methyl/N-ethyl adjacent to an activating group) is 1. The summed E-state index contributed by atoms with van der Waals surface area (Å²) in [5.41, 5.74) is 15.1. The van der Waals surface area contributed by atoms with Crippen molar-refractivity contribution in [1.29, 1.82) is 0 Å². The molecule has 0 aliphatic carbocycles. The minimum absolute atomic E-state index is 0.194. The second kappa shape index (κ2) is 8.39. The van der Waals surface area contributed by atoms with Gasteiger partial charge in [-0.05, 0) is 49.8 Å². The van der Waals surface area contributed by atoms with Crippen molar-refractivity contribution in [2.75, 3.05) is 34.4 Å². The number of methoxy groups -OCH3 is 2. The molecule has 2 aliphatic heterocycles. The fourth-order valence-electron chi connectivity index (χ4n) is 4.39. The Balaban J connectivity index is 1.79. The normalized spacial score (nSPS) is 20.2. The third kappa shape index (κ3) is 3.98. The number of guanidine groups is 1. The number of carbonyl (C=O) groups is 1. The summed E-state index contributed by atoms with van der Waals surface area (Å²) >= 11 is 0. The van der Waals surface area contributed by atoms with Crippen molar-refractivity contribution in [2.45, 2.75) is 18.4 Å². The second-order valence-electron chi connectivity index (χ2n) is 7.92. The molecule has 2 atom stereocenters. The lowest BCUT2D eigenvalue weighted by molar-refractivity contribution is 0.100. The van der Waals surface area contributed by atoms with Gasteiger partial charge in [-0.2, -0.15) is 4.99 Å². The number of fused-ring (bicyclic) bond motifs is 3. The van der Waals surface area contributed by atoms with Crippen LogP contribution in [0.2, 0.25) is 0 Å². The number of likely N-dealkylation sites (tertiary alicyclic amines) is 1. The van der Waals surface area contributed by atoms with Gasteiger partial charge in [-0.3, -0.25) is 9.79 Å². The van der Waals surface area contributed by atoms with E-state index in [-0.39, 0.29) is 12.0 Å². The first-order chi connectivity index (χ1) is 14.9. The van der Waals surface area contributed by atoms with Gasteiger partial charge in [-0.15, -0.1) is 0 Å². The molecule has 4 rings (SSSR count). The van der Waals surface area contributed by atoms with Crippen molar-refractivity contribution in [3.63, 3.8) is 0 Å². The fourth-order valence-corrected chi connectivity index (χ4v) is 4.39. The SMILES string of the molecule is COc1cc2c(cc1OC)C1CN(C)CCC1N=C2c1ccc(C(=O)N=C(N)N)cc1. The van der Waals surface area contributed by atoms with E-state index in [0.717, 1.165) is 36.3 Å². The van der Waals surface area contributed by atoms with E-state index in [0.29, 0.717) is 23.0 Å². The molecule has 2 aromatic carbocycles. The molecule has 0 spiro atoms. The van der Waals surface area contributed by atoms with E-state index in [2.05, 4.69) is 23.0 Å². The summed E-state index contributed by atoms with van der Waals surface area (Å²) in [7, 11) is 5.42. The van der Waals surface area contributed by atoms with Gasteiger partial charge in [0.25, 0.3) is 5.91 Å². The Morgan fingerprint density at radius 3 is 2.45 bits per heavy atom.